The van der Waals surface area contributed by atoms with Crippen molar-refractivity contribution in [1.82, 2.24) is 0 Å². The highest BCUT2D eigenvalue weighted by molar-refractivity contribution is 6.30. The fraction of sp³-hybridized carbons (Fsp3) is 0.600. The Bertz CT molecular complexity index is 475. The second-order valence-electron chi connectivity index (χ2n) is 5.59. The van der Waals surface area contributed by atoms with Crippen LogP contribution in [0.2, 0.25) is 5.02 Å². The van der Waals surface area contributed by atoms with Crippen molar-refractivity contribution in [1.29, 1.82) is 0 Å². The van der Waals surface area contributed by atoms with Crippen LogP contribution in [0, 0.1) is 11.2 Å². The SMILES string of the molecule is CCOC1CC(Nc2ccc(Cl)cc2F)C12CCC2. The second-order valence-corrected chi connectivity index (χ2v) is 6.02. The summed E-state index contributed by atoms with van der Waals surface area (Å²) in [6, 6.07) is 5.13. The van der Waals surface area contributed by atoms with Crippen molar-refractivity contribution < 1.29 is 9.13 Å². The number of anilines is 1. The average molecular weight is 284 g/mol. The molecule has 2 aliphatic rings. The summed E-state index contributed by atoms with van der Waals surface area (Å²) in [5.74, 6) is -0.276. The summed E-state index contributed by atoms with van der Waals surface area (Å²) in [7, 11) is 0. The molecule has 2 nitrogen and oxygen atoms in total. The lowest BCUT2D eigenvalue weighted by Gasteiger charge is -2.61. The summed E-state index contributed by atoms with van der Waals surface area (Å²) in [5.41, 5.74) is 0.790. The fourth-order valence-corrected chi connectivity index (χ4v) is 3.59. The third-order valence-electron chi connectivity index (χ3n) is 4.70. The number of hydrogen-bond donors (Lipinski definition) is 1. The molecule has 2 fully saturated rings. The highest BCUT2D eigenvalue weighted by Gasteiger charge is 2.58. The van der Waals surface area contributed by atoms with Gasteiger partial charge in [-0.25, -0.2) is 4.39 Å². The molecule has 2 atom stereocenters. The Labute approximate surface area is 118 Å². The van der Waals surface area contributed by atoms with Crippen LogP contribution in [0.5, 0.6) is 0 Å². The molecule has 1 aromatic rings. The summed E-state index contributed by atoms with van der Waals surface area (Å²) in [4.78, 5) is 0. The predicted molar refractivity (Wildman–Crippen MR) is 75.1 cm³/mol. The maximum absolute atomic E-state index is 13.8. The Morgan fingerprint density at radius 1 is 1.47 bits per heavy atom. The zero-order valence-corrected chi connectivity index (χ0v) is 11.8. The van der Waals surface area contributed by atoms with Gasteiger partial charge in [0.2, 0.25) is 0 Å². The van der Waals surface area contributed by atoms with Crippen LogP contribution >= 0.6 is 11.6 Å². The van der Waals surface area contributed by atoms with Crippen molar-refractivity contribution in [2.75, 3.05) is 11.9 Å². The third kappa shape index (κ3) is 2.13. The highest BCUT2D eigenvalue weighted by Crippen LogP contribution is 2.58. The molecule has 2 saturated carbocycles. The Hall–Kier alpha value is -0.800. The standard InChI is InChI=1S/C15H19ClFNO/c1-2-19-14-9-13(15(14)6-3-7-15)18-12-5-4-10(16)8-11(12)17/h4-5,8,13-14,18H,2-3,6-7,9H2,1H3. The van der Waals surface area contributed by atoms with Crippen molar-refractivity contribution in [3.05, 3.63) is 29.0 Å². The lowest BCUT2D eigenvalue weighted by atomic mass is 9.51. The van der Waals surface area contributed by atoms with Gasteiger partial charge in [-0.1, -0.05) is 18.0 Å². The van der Waals surface area contributed by atoms with Crippen LogP contribution in [0.15, 0.2) is 18.2 Å². The second kappa shape index (κ2) is 4.95. The molecule has 1 N–H and O–H groups in total. The molecule has 0 aromatic heterocycles. The minimum atomic E-state index is -0.276. The summed E-state index contributed by atoms with van der Waals surface area (Å²) >= 11 is 5.77. The monoisotopic (exact) mass is 283 g/mol. The van der Waals surface area contributed by atoms with E-state index in [9.17, 15) is 4.39 Å². The van der Waals surface area contributed by atoms with Gasteiger partial charge in [0.25, 0.3) is 0 Å². The maximum Gasteiger partial charge on any atom is 0.147 e. The minimum Gasteiger partial charge on any atom is -0.379 e. The molecule has 0 heterocycles. The molecule has 2 unspecified atom stereocenters. The number of nitrogens with one attached hydrogen (secondary N) is 1. The van der Waals surface area contributed by atoms with Gasteiger partial charge in [-0.05, 0) is 44.4 Å². The van der Waals surface area contributed by atoms with Gasteiger partial charge in [-0.2, -0.15) is 0 Å². The summed E-state index contributed by atoms with van der Waals surface area (Å²) in [5, 5.41) is 3.77. The van der Waals surface area contributed by atoms with Crippen molar-refractivity contribution in [2.45, 2.75) is 44.8 Å². The quantitative estimate of drug-likeness (QED) is 0.892. The van der Waals surface area contributed by atoms with E-state index in [0.29, 0.717) is 22.9 Å². The van der Waals surface area contributed by atoms with E-state index in [-0.39, 0.29) is 11.2 Å². The molecule has 104 valence electrons. The lowest BCUT2D eigenvalue weighted by molar-refractivity contribution is -0.157. The lowest BCUT2D eigenvalue weighted by Crippen LogP contribution is -2.64. The minimum absolute atomic E-state index is 0.238. The molecule has 2 aliphatic carbocycles. The van der Waals surface area contributed by atoms with Crippen molar-refractivity contribution in [3.63, 3.8) is 0 Å². The van der Waals surface area contributed by atoms with E-state index in [0.717, 1.165) is 13.0 Å². The van der Waals surface area contributed by atoms with E-state index in [1.165, 1.54) is 25.3 Å². The fourth-order valence-electron chi connectivity index (χ4n) is 3.43. The maximum atomic E-state index is 13.8. The van der Waals surface area contributed by atoms with Gasteiger partial charge in [0, 0.05) is 23.1 Å². The third-order valence-corrected chi connectivity index (χ3v) is 4.93. The van der Waals surface area contributed by atoms with Crippen LogP contribution < -0.4 is 5.32 Å². The van der Waals surface area contributed by atoms with Crippen LogP contribution in [-0.4, -0.2) is 18.8 Å². The highest BCUT2D eigenvalue weighted by atomic mass is 35.5. The van der Waals surface area contributed by atoms with Gasteiger partial charge in [0.15, 0.2) is 0 Å². The Balaban J connectivity index is 1.71. The van der Waals surface area contributed by atoms with Gasteiger partial charge in [-0.15, -0.1) is 0 Å². The molecule has 0 bridgehead atoms. The molecule has 0 amide bonds. The smallest absolute Gasteiger partial charge is 0.147 e. The first-order chi connectivity index (χ1) is 9.15. The zero-order valence-electron chi connectivity index (χ0n) is 11.1. The topological polar surface area (TPSA) is 21.3 Å². The molecule has 1 aromatic carbocycles. The Kier molecular flexibility index (Phi) is 3.44. The van der Waals surface area contributed by atoms with E-state index in [1.807, 2.05) is 6.92 Å². The van der Waals surface area contributed by atoms with E-state index < -0.39 is 0 Å². The first-order valence-corrected chi connectivity index (χ1v) is 7.37. The van der Waals surface area contributed by atoms with Crippen LogP contribution in [0.25, 0.3) is 0 Å². The number of ether oxygens (including phenoxy) is 1. The normalized spacial score (nSPS) is 27.7. The van der Waals surface area contributed by atoms with Crippen LogP contribution in [0.4, 0.5) is 10.1 Å². The molecular weight excluding hydrogens is 265 g/mol. The van der Waals surface area contributed by atoms with Gasteiger partial charge < -0.3 is 10.1 Å². The van der Waals surface area contributed by atoms with Crippen molar-refractivity contribution in [3.8, 4) is 0 Å². The molecule has 0 saturated heterocycles. The van der Waals surface area contributed by atoms with Gasteiger partial charge in [0.05, 0.1) is 11.8 Å². The number of halogens is 2. The average Bonchev–Trinajstić information content (AvgIpc) is 2.28. The van der Waals surface area contributed by atoms with Crippen molar-refractivity contribution >= 4 is 17.3 Å². The van der Waals surface area contributed by atoms with Gasteiger partial charge in [-0.3, -0.25) is 0 Å². The van der Waals surface area contributed by atoms with E-state index in [1.54, 1.807) is 12.1 Å². The predicted octanol–water partition coefficient (Wildman–Crippen LogP) is 4.24. The van der Waals surface area contributed by atoms with Crippen molar-refractivity contribution in [2.24, 2.45) is 5.41 Å². The largest absolute Gasteiger partial charge is 0.379 e. The number of hydrogen-bond acceptors (Lipinski definition) is 2. The molecule has 1 spiro atoms. The van der Waals surface area contributed by atoms with Crippen LogP contribution in [0.1, 0.15) is 32.6 Å². The first kappa shape index (κ1) is 13.2. The van der Waals surface area contributed by atoms with E-state index >= 15 is 0 Å². The number of rotatable bonds is 4. The van der Waals surface area contributed by atoms with E-state index in [2.05, 4.69) is 5.32 Å². The summed E-state index contributed by atoms with van der Waals surface area (Å²) in [6.07, 6.45) is 4.94. The zero-order chi connectivity index (χ0) is 13.5. The van der Waals surface area contributed by atoms with Gasteiger partial charge in [0.1, 0.15) is 5.82 Å². The molecule has 3 rings (SSSR count). The molecule has 4 heteroatoms. The molecule has 0 radical (unpaired) electrons. The first-order valence-electron chi connectivity index (χ1n) is 6.99. The molecular formula is C15H19ClFNO. The van der Waals surface area contributed by atoms with Crippen LogP contribution in [0.3, 0.4) is 0 Å². The number of benzene rings is 1. The Morgan fingerprint density at radius 2 is 2.26 bits per heavy atom. The summed E-state index contributed by atoms with van der Waals surface area (Å²) < 4.78 is 19.6. The molecule has 19 heavy (non-hydrogen) atoms. The Morgan fingerprint density at radius 3 is 2.84 bits per heavy atom. The molecule has 0 aliphatic heterocycles. The van der Waals surface area contributed by atoms with Crippen LogP contribution in [-0.2, 0) is 4.74 Å². The van der Waals surface area contributed by atoms with E-state index in [4.69, 9.17) is 16.3 Å². The summed E-state index contributed by atoms with van der Waals surface area (Å²) in [6.45, 7) is 2.79. The van der Waals surface area contributed by atoms with Gasteiger partial charge >= 0.3 is 0 Å².